The summed E-state index contributed by atoms with van der Waals surface area (Å²) < 4.78 is 1.37. The van der Waals surface area contributed by atoms with Gasteiger partial charge in [-0.15, -0.1) is 22.7 Å². The van der Waals surface area contributed by atoms with Gasteiger partial charge in [-0.05, 0) is 16.8 Å². The van der Waals surface area contributed by atoms with Crippen LogP contribution in [0.1, 0.15) is 0 Å². The number of benzene rings is 2. The van der Waals surface area contributed by atoms with Gasteiger partial charge in [-0.3, -0.25) is 0 Å². The van der Waals surface area contributed by atoms with Gasteiger partial charge >= 0.3 is 0 Å². The first-order valence-electron chi connectivity index (χ1n) is 5.79. The number of thiophene rings is 2. The zero-order valence-corrected chi connectivity index (χ0v) is 11.1. The van der Waals surface area contributed by atoms with E-state index in [2.05, 4.69) is 59.3 Å². The second-order valence-corrected chi connectivity index (χ2v) is 5.96. The van der Waals surface area contributed by atoms with Crippen LogP contribution < -0.4 is 0 Å². The zero-order valence-electron chi connectivity index (χ0n) is 9.51. The van der Waals surface area contributed by atoms with Gasteiger partial charge in [0.1, 0.15) is 0 Å². The van der Waals surface area contributed by atoms with Crippen molar-refractivity contribution >= 4 is 43.5 Å². The molecule has 0 aliphatic carbocycles. The van der Waals surface area contributed by atoms with Gasteiger partial charge in [0, 0.05) is 25.9 Å². The van der Waals surface area contributed by atoms with Crippen LogP contribution in [0, 0.1) is 5.38 Å². The Bertz CT molecular complexity index is 836. The van der Waals surface area contributed by atoms with Crippen molar-refractivity contribution in [3.05, 3.63) is 59.3 Å². The molecule has 0 saturated carbocycles. The Balaban J connectivity index is 2.10. The van der Waals surface area contributed by atoms with Crippen LogP contribution in [0.2, 0.25) is 0 Å². The van der Waals surface area contributed by atoms with Gasteiger partial charge in [-0.1, -0.05) is 42.5 Å². The fourth-order valence-corrected chi connectivity index (χ4v) is 4.25. The molecule has 1 radical (unpaired) electrons. The van der Waals surface area contributed by atoms with E-state index in [0.29, 0.717) is 0 Å². The summed E-state index contributed by atoms with van der Waals surface area (Å²) in [6.45, 7) is 0. The van der Waals surface area contributed by atoms with Gasteiger partial charge in [0.2, 0.25) is 0 Å². The molecule has 0 amide bonds. The van der Waals surface area contributed by atoms with Crippen LogP contribution in [0.5, 0.6) is 0 Å². The van der Waals surface area contributed by atoms with E-state index in [-0.39, 0.29) is 0 Å². The Labute approximate surface area is 113 Å². The molecule has 0 atom stereocenters. The number of hydrogen-bond acceptors (Lipinski definition) is 2. The highest BCUT2D eigenvalue weighted by atomic mass is 32.1. The van der Waals surface area contributed by atoms with Crippen LogP contribution >= 0.6 is 22.7 Å². The third-order valence-corrected chi connectivity index (χ3v) is 5.09. The highest BCUT2D eigenvalue weighted by Crippen LogP contribution is 2.39. The van der Waals surface area contributed by atoms with Crippen molar-refractivity contribution in [2.75, 3.05) is 0 Å². The smallest absolute Gasteiger partial charge is 0.0534 e. The van der Waals surface area contributed by atoms with E-state index in [1.807, 2.05) is 11.3 Å². The second kappa shape index (κ2) is 3.94. The number of hydrogen-bond donors (Lipinski definition) is 0. The Hall–Kier alpha value is -1.64. The summed E-state index contributed by atoms with van der Waals surface area (Å²) >= 11 is 3.53. The van der Waals surface area contributed by atoms with Crippen molar-refractivity contribution in [1.82, 2.24) is 0 Å². The van der Waals surface area contributed by atoms with E-state index in [1.54, 1.807) is 11.3 Å². The maximum absolute atomic E-state index is 3.39. The maximum Gasteiger partial charge on any atom is 0.0534 e. The van der Waals surface area contributed by atoms with Gasteiger partial charge in [-0.25, -0.2) is 0 Å². The van der Waals surface area contributed by atoms with Gasteiger partial charge < -0.3 is 0 Å². The lowest BCUT2D eigenvalue weighted by Gasteiger charge is -2.01. The monoisotopic (exact) mass is 265 g/mol. The maximum atomic E-state index is 3.39. The molecule has 0 nitrogen and oxygen atoms in total. The number of fused-ring (bicyclic) bond motifs is 2. The molecule has 2 aromatic carbocycles. The SMILES string of the molecule is [c]1sc(-c2cccc3ccsc23)c2ccccc12. The van der Waals surface area contributed by atoms with Crippen molar-refractivity contribution in [2.45, 2.75) is 0 Å². The molecular weight excluding hydrogens is 256 g/mol. The first-order chi connectivity index (χ1) is 8.93. The molecule has 0 aliphatic heterocycles. The van der Waals surface area contributed by atoms with E-state index in [9.17, 15) is 0 Å². The van der Waals surface area contributed by atoms with Gasteiger partial charge in [0.15, 0.2) is 0 Å². The van der Waals surface area contributed by atoms with E-state index in [4.69, 9.17) is 0 Å². The Morgan fingerprint density at radius 3 is 2.83 bits per heavy atom. The van der Waals surface area contributed by atoms with Crippen LogP contribution in [-0.4, -0.2) is 0 Å². The highest BCUT2D eigenvalue weighted by molar-refractivity contribution is 7.19. The van der Waals surface area contributed by atoms with E-state index in [1.165, 1.54) is 31.3 Å². The highest BCUT2D eigenvalue weighted by Gasteiger charge is 2.10. The summed E-state index contributed by atoms with van der Waals surface area (Å²) in [6.07, 6.45) is 0. The summed E-state index contributed by atoms with van der Waals surface area (Å²) in [4.78, 5) is 1.33. The molecule has 0 saturated heterocycles. The summed E-state index contributed by atoms with van der Waals surface area (Å²) in [6, 6.07) is 17.2. The van der Waals surface area contributed by atoms with E-state index < -0.39 is 0 Å². The Kier molecular flexibility index (Phi) is 2.25. The molecule has 2 heterocycles. The van der Waals surface area contributed by atoms with E-state index in [0.717, 1.165) is 0 Å². The average molecular weight is 265 g/mol. The normalized spacial score (nSPS) is 11.3. The van der Waals surface area contributed by atoms with Crippen LogP contribution in [0.15, 0.2) is 53.9 Å². The Morgan fingerprint density at radius 2 is 1.83 bits per heavy atom. The molecule has 85 valence electrons. The van der Waals surface area contributed by atoms with Crippen molar-refractivity contribution in [1.29, 1.82) is 0 Å². The summed E-state index contributed by atoms with van der Waals surface area (Å²) in [5.41, 5.74) is 1.34. The van der Waals surface area contributed by atoms with Crippen molar-refractivity contribution in [3.8, 4) is 10.4 Å². The molecule has 0 spiro atoms. The van der Waals surface area contributed by atoms with Crippen molar-refractivity contribution in [2.24, 2.45) is 0 Å². The van der Waals surface area contributed by atoms with Crippen LogP contribution in [0.3, 0.4) is 0 Å². The molecule has 0 fully saturated rings. The minimum Gasteiger partial charge on any atom is -0.143 e. The van der Waals surface area contributed by atoms with Crippen LogP contribution in [0.25, 0.3) is 31.3 Å². The largest absolute Gasteiger partial charge is 0.143 e. The molecule has 0 N–H and O–H groups in total. The average Bonchev–Trinajstić information content (AvgIpc) is 3.05. The van der Waals surface area contributed by atoms with Gasteiger partial charge in [0.05, 0.1) is 5.38 Å². The fourth-order valence-electron chi connectivity index (χ4n) is 2.30. The topological polar surface area (TPSA) is 0 Å². The molecule has 2 aromatic heterocycles. The quantitative estimate of drug-likeness (QED) is 0.421. The van der Waals surface area contributed by atoms with Crippen molar-refractivity contribution < 1.29 is 0 Å². The summed E-state index contributed by atoms with van der Waals surface area (Å²) in [7, 11) is 0. The molecule has 4 rings (SSSR count). The zero-order chi connectivity index (χ0) is 11.9. The summed E-state index contributed by atoms with van der Waals surface area (Å²) in [5.74, 6) is 0. The van der Waals surface area contributed by atoms with Crippen molar-refractivity contribution in [3.63, 3.8) is 0 Å². The van der Waals surface area contributed by atoms with Gasteiger partial charge in [0.25, 0.3) is 0 Å². The Morgan fingerprint density at radius 1 is 0.889 bits per heavy atom. The molecule has 0 aliphatic rings. The lowest BCUT2D eigenvalue weighted by atomic mass is 10.1. The summed E-state index contributed by atoms with van der Waals surface area (Å²) in [5, 5.41) is 9.40. The number of rotatable bonds is 1. The minimum absolute atomic E-state index is 1.21. The third kappa shape index (κ3) is 1.43. The lowest BCUT2D eigenvalue weighted by molar-refractivity contribution is 1.81. The van der Waals surface area contributed by atoms with Crippen LogP contribution in [0.4, 0.5) is 0 Å². The third-order valence-electron chi connectivity index (χ3n) is 3.16. The van der Waals surface area contributed by atoms with Gasteiger partial charge in [-0.2, -0.15) is 0 Å². The standard InChI is InChI=1S/C16H9S2/c1-2-6-13-12(4-1)10-18-16(13)14-7-3-5-11-8-9-17-15(11)14/h1-9H. The molecule has 0 bridgehead atoms. The van der Waals surface area contributed by atoms with Crippen LogP contribution in [-0.2, 0) is 0 Å². The predicted molar refractivity (Wildman–Crippen MR) is 81.5 cm³/mol. The first-order valence-corrected chi connectivity index (χ1v) is 7.49. The predicted octanol–water partition coefficient (Wildman–Crippen LogP) is 5.58. The second-order valence-electron chi connectivity index (χ2n) is 4.22. The lowest BCUT2D eigenvalue weighted by Crippen LogP contribution is -1.74. The molecule has 4 aromatic rings. The van der Waals surface area contributed by atoms with E-state index >= 15 is 0 Å². The first kappa shape index (κ1) is 10.3. The molecule has 2 heteroatoms. The minimum atomic E-state index is 1.21. The molecule has 18 heavy (non-hydrogen) atoms. The molecule has 0 unspecified atom stereocenters. The molecular formula is C16H9S2. The fraction of sp³-hybridized carbons (Fsp3) is 0.